The Labute approximate surface area is 122 Å². The van der Waals surface area contributed by atoms with Gasteiger partial charge in [-0.1, -0.05) is 18.2 Å². The summed E-state index contributed by atoms with van der Waals surface area (Å²) in [5.74, 6) is -0.192. The molecule has 0 radical (unpaired) electrons. The first-order valence-electron chi connectivity index (χ1n) is 6.73. The Morgan fingerprint density at radius 1 is 1.10 bits per heavy atom. The molecule has 2 N–H and O–H groups in total. The molecule has 106 valence electrons. The van der Waals surface area contributed by atoms with Crippen LogP contribution in [0.4, 0.5) is 15.8 Å². The van der Waals surface area contributed by atoms with Crippen LogP contribution in [-0.2, 0) is 6.54 Å². The number of nitrogens with zero attached hydrogens (tertiary/aromatic N) is 2. The van der Waals surface area contributed by atoms with Crippen molar-refractivity contribution in [3.63, 3.8) is 0 Å². The van der Waals surface area contributed by atoms with Crippen LogP contribution in [0.15, 0.2) is 54.9 Å². The first kappa shape index (κ1) is 13.4. The van der Waals surface area contributed by atoms with Gasteiger partial charge in [0.05, 0.1) is 0 Å². The molecule has 3 rings (SSSR count). The van der Waals surface area contributed by atoms with E-state index in [1.165, 1.54) is 6.07 Å². The largest absolute Gasteiger partial charge is 0.398 e. The van der Waals surface area contributed by atoms with E-state index in [9.17, 15) is 4.39 Å². The molecule has 0 atom stereocenters. The summed E-state index contributed by atoms with van der Waals surface area (Å²) < 4.78 is 13.8. The number of benzene rings is 2. The van der Waals surface area contributed by atoms with Crippen molar-refractivity contribution >= 4 is 22.1 Å². The third-order valence-corrected chi connectivity index (χ3v) is 3.61. The highest BCUT2D eigenvalue weighted by Crippen LogP contribution is 2.30. The molecule has 0 aliphatic rings. The van der Waals surface area contributed by atoms with E-state index in [-0.39, 0.29) is 5.82 Å². The fourth-order valence-electron chi connectivity index (χ4n) is 2.50. The lowest BCUT2D eigenvalue weighted by atomic mass is 10.1. The van der Waals surface area contributed by atoms with Crippen molar-refractivity contribution in [3.05, 3.63) is 66.2 Å². The van der Waals surface area contributed by atoms with Gasteiger partial charge in [-0.15, -0.1) is 0 Å². The SMILES string of the molecule is CN(Cc1ccccc1F)c1ccc(N)c2ccncc12. The van der Waals surface area contributed by atoms with E-state index >= 15 is 0 Å². The molecule has 0 saturated heterocycles. The number of rotatable bonds is 3. The smallest absolute Gasteiger partial charge is 0.128 e. The van der Waals surface area contributed by atoms with Gasteiger partial charge in [-0.25, -0.2) is 4.39 Å². The van der Waals surface area contributed by atoms with E-state index in [4.69, 9.17) is 5.73 Å². The Balaban J connectivity index is 2.01. The molecule has 4 heteroatoms. The summed E-state index contributed by atoms with van der Waals surface area (Å²) in [6, 6.07) is 12.5. The molecular formula is C17H16FN3. The summed E-state index contributed by atoms with van der Waals surface area (Å²) in [5.41, 5.74) is 8.36. The molecule has 0 unspecified atom stereocenters. The number of nitrogens with two attached hydrogens (primary N) is 1. The van der Waals surface area contributed by atoms with Crippen LogP contribution in [0.5, 0.6) is 0 Å². The number of halogens is 1. The van der Waals surface area contributed by atoms with Crippen molar-refractivity contribution in [1.82, 2.24) is 4.98 Å². The second-order valence-corrected chi connectivity index (χ2v) is 5.04. The number of hydrogen-bond acceptors (Lipinski definition) is 3. The summed E-state index contributed by atoms with van der Waals surface area (Å²) in [6.07, 6.45) is 3.51. The van der Waals surface area contributed by atoms with Gasteiger partial charge in [0.25, 0.3) is 0 Å². The fourth-order valence-corrected chi connectivity index (χ4v) is 2.50. The molecular weight excluding hydrogens is 265 g/mol. The van der Waals surface area contributed by atoms with E-state index in [0.717, 1.165) is 22.1 Å². The van der Waals surface area contributed by atoms with Gasteiger partial charge in [-0.05, 0) is 24.3 Å². The summed E-state index contributed by atoms with van der Waals surface area (Å²) in [4.78, 5) is 6.17. The summed E-state index contributed by atoms with van der Waals surface area (Å²) in [5, 5.41) is 1.93. The van der Waals surface area contributed by atoms with Crippen LogP contribution in [0.1, 0.15) is 5.56 Å². The highest BCUT2D eigenvalue weighted by atomic mass is 19.1. The molecule has 21 heavy (non-hydrogen) atoms. The van der Waals surface area contributed by atoms with E-state index in [1.807, 2.05) is 36.2 Å². The maximum atomic E-state index is 13.8. The predicted octanol–water partition coefficient (Wildman–Crippen LogP) is 3.59. The van der Waals surface area contributed by atoms with Gasteiger partial charge in [-0.2, -0.15) is 0 Å². The zero-order valence-electron chi connectivity index (χ0n) is 11.8. The van der Waals surface area contributed by atoms with Crippen LogP contribution < -0.4 is 10.6 Å². The minimum Gasteiger partial charge on any atom is -0.398 e. The molecule has 1 heterocycles. The molecule has 0 fully saturated rings. The number of nitrogen functional groups attached to an aromatic ring is 1. The average molecular weight is 281 g/mol. The third kappa shape index (κ3) is 2.52. The molecule has 0 amide bonds. The monoisotopic (exact) mass is 281 g/mol. The van der Waals surface area contributed by atoms with Crippen molar-refractivity contribution in [1.29, 1.82) is 0 Å². The second kappa shape index (κ2) is 5.40. The van der Waals surface area contributed by atoms with Gasteiger partial charge in [0.2, 0.25) is 0 Å². The highest BCUT2D eigenvalue weighted by molar-refractivity contribution is 6.00. The molecule has 0 spiro atoms. The number of pyridine rings is 1. The topological polar surface area (TPSA) is 42.1 Å². The Kier molecular flexibility index (Phi) is 3.44. The molecule has 2 aromatic carbocycles. The Morgan fingerprint density at radius 2 is 1.90 bits per heavy atom. The first-order valence-corrected chi connectivity index (χ1v) is 6.73. The quantitative estimate of drug-likeness (QED) is 0.746. The maximum Gasteiger partial charge on any atom is 0.128 e. The van der Waals surface area contributed by atoms with Crippen LogP contribution in [0.3, 0.4) is 0 Å². The van der Waals surface area contributed by atoms with Crippen LogP contribution in [-0.4, -0.2) is 12.0 Å². The van der Waals surface area contributed by atoms with Gasteiger partial charge in [0.15, 0.2) is 0 Å². The third-order valence-electron chi connectivity index (χ3n) is 3.61. The molecule has 0 bridgehead atoms. The van der Waals surface area contributed by atoms with Crippen molar-refractivity contribution in [2.24, 2.45) is 0 Å². The van der Waals surface area contributed by atoms with Crippen molar-refractivity contribution < 1.29 is 4.39 Å². The van der Waals surface area contributed by atoms with E-state index in [2.05, 4.69) is 4.98 Å². The lowest BCUT2D eigenvalue weighted by Crippen LogP contribution is -2.17. The van der Waals surface area contributed by atoms with E-state index in [1.54, 1.807) is 24.5 Å². The molecule has 3 nitrogen and oxygen atoms in total. The van der Waals surface area contributed by atoms with E-state index < -0.39 is 0 Å². The standard InChI is InChI=1S/C17H16FN3/c1-21(11-12-4-2-3-5-15(12)18)17-7-6-16(19)13-8-9-20-10-14(13)17/h2-10H,11,19H2,1H3. The van der Waals surface area contributed by atoms with Crippen molar-refractivity contribution in [3.8, 4) is 0 Å². The Morgan fingerprint density at radius 3 is 2.71 bits per heavy atom. The van der Waals surface area contributed by atoms with Gasteiger partial charge in [-0.3, -0.25) is 4.98 Å². The molecule has 1 aromatic heterocycles. The second-order valence-electron chi connectivity index (χ2n) is 5.04. The molecule has 3 aromatic rings. The summed E-state index contributed by atoms with van der Waals surface area (Å²) in [7, 11) is 1.93. The number of hydrogen-bond donors (Lipinski definition) is 1. The minimum atomic E-state index is -0.192. The predicted molar refractivity (Wildman–Crippen MR) is 84.7 cm³/mol. The summed E-state index contributed by atoms with van der Waals surface area (Å²) in [6.45, 7) is 0.487. The lowest BCUT2D eigenvalue weighted by Gasteiger charge is -2.22. The van der Waals surface area contributed by atoms with Crippen molar-refractivity contribution in [2.75, 3.05) is 17.7 Å². The van der Waals surface area contributed by atoms with Crippen molar-refractivity contribution in [2.45, 2.75) is 6.54 Å². The van der Waals surface area contributed by atoms with Crippen LogP contribution in [0, 0.1) is 5.82 Å². The van der Waals surface area contributed by atoms with E-state index in [0.29, 0.717) is 12.1 Å². The fraction of sp³-hybridized carbons (Fsp3) is 0.118. The highest BCUT2D eigenvalue weighted by Gasteiger charge is 2.10. The van der Waals surface area contributed by atoms with Crippen LogP contribution in [0.2, 0.25) is 0 Å². The van der Waals surface area contributed by atoms with Crippen LogP contribution >= 0.6 is 0 Å². The normalized spacial score (nSPS) is 10.8. The zero-order valence-corrected chi connectivity index (χ0v) is 11.8. The zero-order chi connectivity index (χ0) is 14.8. The van der Waals surface area contributed by atoms with Gasteiger partial charge in [0, 0.05) is 53.7 Å². The minimum absolute atomic E-state index is 0.192. The van der Waals surface area contributed by atoms with Gasteiger partial charge < -0.3 is 10.6 Å². The number of fused-ring (bicyclic) bond motifs is 1. The lowest BCUT2D eigenvalue weighted by molar-refractivity contribution is 0.608. The van der Waals surface area contributed by atoms with Gasteiger partial charge >= 0.3 is 0 Å². The Bertz CT molecular complexity index is 786. The van der Waals surface area contributed by atoms with Crippen LogP contribution in [0.25, 0.3) is 10.8 Å². The first-order chi connectivity index (χ1) is 10.2. The summed E-state index contributed by atoms with van der Waals surface area (Å²) >= 11 is 0. The Hall–Kier alpha value is -2.62. The molecule has 0 saturated carbocycles. The maximum absolute atomic E-state index is 13.8. The molecule has 0 aliphatic carbocycles. The van der Waals surface area contributed by atoms with Gasteiger partial charge in [0.1, 0.15) is 5.82 Å². The number of aromatic nitrogens is 1. The molecule has 0 aliphatic heterocycles. The number of anilines is 2. The average Bonchev–Trinajstić information content (AvgIpc) is 2.50.